The number of ether oxygens (including phenoxy) is 3. The average Bonchev–Trinajstić information content (AvgIpc) is 2.74. The Labute approximate surface area is 156 Å². The van der Waals surface area contributed by atoms with Crippen LogP contribution in [-0.2, 0) is 38.2 Å². The standard InChI is InChI=1S/C18H23NO8/c1-8-12(16(23)25-7-26-17(24)18(4,5)6)19-13(14(8)21)11(15(19)22)9(2)27-10(3)20/h9,11,13H,7H2,1-6H3/t9?,11?,13-/m0/s1. The van der Waals surface area contributed by atoms with Gasteiger partial charge in [0.05, 0.1) is 5.41 Å². The molecule has 9 heteroatoms. The molecule has 0 aromatic heterocycles. The third kappa shape index (κ3) is 3.72. The second-order valence-electron chi connectivity index (χ2n) is 7.56. The van der Waals surface area contributed by atoms with E-state index >= 15 is 0 Å². The van der Waals surface area contributed by atoms with Gasteiger partial charge in [0.15, 0.2) is 5.78 Å². The number of carbonyl (C=O) groups is 5. The summed E-state index contributed by atoms with van der Waals surface area (Å²) in [7, 11) is 0. The summed E-state index contributed by atoms with van der Waals surface area (Å²) >= 11 is 0. The zero-order valence-corrected chi connectivity index (χ0v) is 16.2. The van der Waals surface area contributed by atoms with Crippen LogP contribution in [0.1, 0.15) is 41.5 Å². The largest absolute Gasteiger partial charge is 0.462 e. The first-order chi connectivity index (χ1) is 12.4. The van der Waals surface area contributed by atoms with Gasteiger partial charge in [-0.25, -0.2) is 4.79 Å². The van der Waals surface area contributed by atoms with Crippen molar-refractivity contribution in [1.82, 2.24) is 4.90 Å². The minimum atomic E-state index is -0.933. The Balaban J connectivity index is 2.06. The van der Waals surface area contributed by atoms with Gasteiger partial charge in [-0.1, -0.05) is 0 Å². The highest BCUT2D eigenvalue weighted by Crippen LogP contribution is 2.42. The quantitative estimate of drug-likeness (QED) is 0.388. The van der Waals surface area contributed by atoms with E-state index in [4.69, 9.17) is 14.2 Å². The Morgan fingerprint density at radius 2 is 1.74 bits per heavy atom. The van der Waals surface area contributed by atoms with Gasteiger partial charge in [0.2, 0.25) is 12.7 Å². The number of nitrogens with zero attached hydrogens (tertiary/aromatic N) is 1. The van der Waals surface area contributed by atoms with Crippen LogP contribution in [0.3, 0.4) is 0 Å². The van der Waals surface area contributed by atoms with Crippen molar-refractivity contribution in [2.75, 3.05) is 6.79 Å². The van der Waals surface area contributed by atoms with Crippen LogP contribution in [0.5, 0.6) is 0 Å². The molecule has 2 heterocycles. The Bertz CT molecular complexity index is 745. The highest BCUT2D eigenvalue weighted by Gasteiger charge is 2.61. The number of Topliss-reactive ketones (excluding diaryl/α,β-unsaturated/α-hetero) is 1. The topological polar surface area (TPSA) is 116 Å². The fourth-order valence-corrected chi connectivity index (χ4v) is 3.03. The summed E-state index contributed by atoms with van der Waals surface area (Å²) in [5.41, 5.74) is -0.852. The molecular weight excluding hydrogens is 358 g/mol. The lowest BCUT2D eigenvalue weighted by Crippen LogP contribution is -2.64. The monoisotopic (exact) mass is 381 g/mol. The molecule has 9 nitrogen and oxygen atoms in total. The fourth-order valence-electron chi connectivity index (χ4n) is 3.03. The smallest absolute Gasteiger partial charge is 0.358 e. The summed E-state index contributed by atoms with van der Waals surface area (Å²) in [6, 6.07) is -0.897. The van der Waals surface area contributed by atoms with Gasteiger partial charge >= 0.3 is 17.9 Å². The lowest BCUT2D eigenvalue weighted by molar-refractivity contribution is -0.177. The number of esters is 3. The van der Waals surface area contributed by atoms with Crippen molar-refractivity contribution < 1.29 is 38.2 Å². The van der Waals surface area contributed by atoms with E-state index in [-0.39, 0.29) is 11.3 Å². The van der Waals surface area contributed by atoms with Crippen molar-refractivity contribution >= 4 is 29.6 Å². The summed E-state index contributed by atoms with van der Waals surface area (Å²) < 4.78 is 14.8. The SMILES string of the molecule is CC(=O)OC(C)C1C(=O)N2C(C(=O)OCOC(=O)C(C)(C)C)=C(C)C(=O)[C@H]12. The first-order valence-electron chi connectivity index (χ1n) is 8.47. The predicted molar refractivity (Wildman–Crippen MR) is 89.6 cm³/mol. The molecular formula is C18H23NO8. The molecule has 0 radical (unpaired) electrons. The molecule has 0 bridgehead atoms. The Morgan fingerprint density at radius 1 is 1.15 bits per heavy atom. The van der Waals surface area contributed by atoms with Crippen LogP contribution in [0.25, 0.3) is 0 Å². The van der Waals surface area contributed by atoms with E-state index in [1.807, 2.05) is 0 Å². The zero-order chi connectivity index (χ0) is 20.7. The van der Waals surface area contributed by atoms with Crippen LogP contribution in [-0.4, -0.2) is 53.4 Å². The van der Waals surface area contributed by atoms with Crippen LogP contribution in [0.4, 0.5) is 0 Å². The third-order valence-corrected chi connectivity index (χ3v) is 4.42. The number of hydrogen-bond donors (Lipinski definition) is 0. The predicted octanol–water partition coefficient (Wildman–Crippen LogP) is 0.712. The molecule has 1 fully saturated rings. The van der Waals surface area contributed by atoms with Crippen molar-refractivity contribution in [1.29, 1.82) is 0 Å². The fraction of sp³-hybridized carbons (Fsp3) is 0.611. The second-order valence-corrected chi connectivity index (χ2v) is 7.56. The van der Waals surface area contributed by atoms with Crippen molar-refractivity contribution in [3.63, 3.8) is 0 Å². The summed E-state index contributed by atoms with van der Waals surface area (Å²) in [5.74, 6) is -3.81. The van der Waals surface area contributed by atoms with Crippen LogP contribution in [0.15, 0.2) is 11.3 Å². The average molecular weight is 381 g/mol. The molecule has 148 valence electrons. The van der Waals surface area contributed by atoms with Gasteiger partial charge in [0.25, 0.3) is 0 Å². The minimum Gasteiger partial charge on any atom is -0.462 e. The molecule has 2 rings (SSSR count). The normalized spacial score (nSPS) is 22.8. The van der Waals surface area contributed by atoms with Crippen LogP contribution < -0.4 is 0 Å². The van der Waals surface area contributed by atoms with Crippen molar-refractivity contribution in [2.45, 2.75) is 53.7 Å². The van der Waals surface area contributed by atoms with Gasteiger partial charge in [-0.2, -0.15) is 0 Å². The molecule has 0 N–H and O–H groups in total. The third-order valence-electron chi connectivity index (χ3n) is 4.42. The van der Waals surface area contributed by atoms with Crippen molar-refractivity contribution in [2.24, 2.45) is 11.3 Å². The Kier molecular flexibility index (Phi) is 5.44. The molecule has 0 saturated carbocycles. The van der Waals surface area contributed by atoms with E-state index in [0.717, 1.165) is 4.90 Å². The van der Waals surface area contributed by atoms with E-state index in [2.05, 4.69) is 0 Å². The maximum Gasteiger partial charge on any atom is 0.358 e. The summed E-state index contributed by atoms with van der Waals surface area (Å²) in [4.78, 5) is 61.1. The molecule has 1 saturated heterocycles. The molecule has 27 heavy (non-hydrogen) atoms. The molecule has 3 atom stereocenters. The number of fused-ring (bicyclic) bond motifs is 1. The van der Waals surface area contributed by atoms with E-state index in [1.165, 1.54) is 20.8 Å². The zero-order valence-electron chi connectivity index (χ0n) is 16.2. The highest BCUT2D eigenvalue weighted by molar-refractivity contribution is 6.18. The van der Waals surface area contributed by atoms with E-state index in [0.29, 0.717) is 0 Å². The number of rotatable bonds is 5. The van der Waals surface area contributed by atoms with Crippen LogP contribution in [0.2, 0.25) is 0 Å². The van der Waals surface area contributed by atoms with Gasteiger partial charge in [0, 0.05) is 12.5 Å². The molecule has 0 aliphatic carbocycles. The molecule has 1 amide bonds. The van der Waals surface area contributed by atoms with E-state index in [9.17, 15) is 24.0 Å². The summed E-state index contributed by atoms with van der Waals surface area (Å²) in [6.07, 6.45) is -0.795. The first-order valence-corrected chi connectivity index (χ1v) is 8.47. The maximum absolute atomic E-state index is 12.5. The minimum absolute atomic E-state index is 0.0815. The van der Waals surface area contributed by atoms with Crippen LogP contribution in [0, 0.1) is 11.3 Å². The maximum atomic E-state index is 12.5. The van der Waals surface area contributed by atoms with Crippen LogP contribution >= 0.6 is 0 Å². The molecule has 0 aromatic rings. The lowest BCUT2D eigenvalue weighted by atomic mass is 9.82. The van der Waals surface area contributed by atoms with Gasteiger partial charge < -0.3 is 14.2 Å². The highest BCUT2D eigenvalue weighted by atomic mass is 16.7. The van der Waals surface area contributed by atoms with Gasteiger partial charge in [-0.15, -0.1) is 0 Å². The van der Waals surface area contributed by atoms with Gasteiger partial charge in [-0.05, 0) is 34.6 Å². The Morgan fingerprint density at radius 3 is 2.26 bits per heavy atom. The molecule has 2 aliphatic rings. The molecule has 2 unspecified atom stereocenters. The number of ketones is 1. The van der Waals surface area contributed by atoms with E-state index < -0.39 is 59.9 Å². The number of hydrogen-bond acceptors (Lipinski definition) is 8. The van der Waals surface area contributed by atoms with Gasteiger partial charge in [-0.3, -0.25) is 24.1 Å². The van der Waals surface area contributed by atoms with Gasteiger partial charge in [0.1, 0.15) is 23.8 Å². The van der Waals surface area contributed by atoms with E-state index in [1.54, 1.807) is 20.8 Å². The van der Waals surface area contributed by atoms with Crippen molar-refractivity contribution in [3.05, 3.63) is 11.3 Å². The summed E-state index contributed by atoms with van der Waals surface area (Å²) in [6.45, 7) is 8.46. The lowest BCUT2D eigenvalue weighted by Gasteiger charge is -2.44. The molecule has 2 aliphatic heterocycles. The first kappa shape index (κ1) is 20.6. The number of amides is 1. The second kappa shape index (κ2) is 7.13. The summed E-state index contributed by atoms with van der Waals surface area (Å²) in [5, 5.41) is 0. The number of β-lactam (4-membered cyclic amide) rings is 1. The molecule has 0 spiro atoms. The van der Waals surface area contributed by atoms with Crippen molar-refractivity contribution in [3.8, 4) is 0 Å². The molecule has 0 aromatic carbocycles. The number of carbonyl (C=O) groups excluding carboxylic acids is 5. The Hall–Kier alpha value is -2.71.